The molecule has 4 N–H and O–H groups in total. The Kier molecular flexibility index (Phi) is 3.74. The Morgan fingerprint density at radius 2 is 2.19 bits per heavy atom. The third kappa shape index (κ3) is 2.48. The molecule has 0 saturated carbocycles. The SMILES string of the molecule is CCOC(=O)c1cc2ccc([N+](=O)[O-])cc2n(N)/c1=N\N. The summed E-state index contributed by atoms with van der Waals surface area (Å²) in [6.45, 7) is 1.85. The van der Waals surface area contributed by atoms with Crippen molar-refractivity contribution in [2.45, 2.75) is 6.92 Å². The van der Waals surface area contributed by atoms with Crippen LogP contribution in [0.4, 0.5) is 5.69 Å². The van der Waals surface area contributed by atoms with Gasteiger partial charge in [-0.05, 0) is 19.1 Å². The number of ether oxygens (including phenoxy) is 1. The van der Waals surface area contributed by atoms with Crippen LogP contribution in [0.25, 0.3) is 10.9 Å². The molecule has 21 heavy (non-hydrogen) atoms. The average Bonchev–Trinajstić information content (AvgIpc) is 2.46. The Hall–Kier alpha value is -3.10. The van der Waals surface area contributed by atoms with Gasteiger partial charge in [-0.1, -0.05) is 0 Å². The van der Waals surface area contributed by atoms with E-state index < -0.39 is 10.9 Å². The van der Waals surface area contributed by atoms with Gasteiger partial charge in [0.2, 0.25) is 0 Å². The highest BCUT2D eigenvalue weighted by Crippen LogP contribution is 2.19. The predicted molar refractivity (Wildman–Crippen MR) is 74.4 cm³/mol. The monoisotopic (exact) mass is 291 g/mol. The number of rotatable bonds is 3. The molecule has 1 aromatic heterocycles. The highest BCUT2D eigenvalue weighted by Gasteiger charge is 2.16. The van der Waals surface area contributed by atoms with Crippen LogP contribution in [-0.4, -0.2) is 22.2 Å². The normalized spacial score (nSPS) is 11.6. The fraction of sp³-hybridized carbons (Fsp3) is 0.167. The van der Waals surface area contributed by atoms with Crippen molar-refractivity contribution in [2.24, 2.45) is 10.9 Å². The molecule has 9 heteroatoms. The first-order valence-electron chi connectivity index (χ1n) is 6.00. The van der Waals surface area contributed by atoms with Crippen LogP contribution in [0.15, 0.2) is 29.4 Å². The summed E-state index contributed by atoms with van der Waals surface area (Å²) in [4.78, 5) is 22.1. The van der Waals surface area contributed by atoms with E-state index in [-0.39, 0.29) is 23.3 Å². The number of benzene rings is 1. The quantitative estimate of drug-likeness (QED) is 0.359. The number of carbonyl (C=O) groups excluding carboxylic acids is 1. The molecule has 0 unspecified atom stereocenters. The lowest BCUT2D eigenvalue weighted by atomic mass is 10.1. The van der Waals surface area contributed by atoms with Gasteiger partial charge in [0.15, 0.2) is 5.49 Å². The van der Waals surface area contributed by atoms with Gasteiger partial charge in [-0.2, -0.15) is 5.10 Å². The number of hydrogen-bond donors (Lipinski definition) is 2. The molecule has 9 nitrogen and oxygen atoms in total. The number of nitrogen functional groups attached to an aromatic ring is 1. The van der Waals surface area contributed by atoms with E-state index in [0.717, 1.165) is 4.68 Å². The maximum absolute atomic E-state index is 11.9. The third-order valence-corrected chi connectivity index (χ3v) is 2.87. The molecule has 0 aliphatic heterocycles. The molecular weight excluding hydrogens is 278 g/mol. The first-order valence-corrected chi connectivity index (χ1v) is 6.00. The van der Waals surface area contributed by atoms with Gasteiger partial charge in [-0.3, -0.25) is 10.1 Å². The first kappa shape index (κ1) is 14.3. The molecule has 0 amide bonds. The van der Waals surface area contributed by atoms with Gasteiger partial charge in [0.1, 0.15) is 5.56 Å². The standard InChI is InChI=1S/C12H13N5O4/c1-2-21-12(18)9-5-7-3-4-8(17(19)20)6-10(7)16(14)11(9)15-13/h3-6H,2,13-14H2,1H3/b15-11-. The molecule has 0 bridgehead atoms. The molecular formula is C12H13N5O4. The van der Waals surface area contributed by atoms with E-state index in [0.29, 0.717) is 10.9 Å². The van der Waals surface area contributed by atoms with Gasteiger partial charge in [0.25, 0.3) is 5.69 Å². The van der Waals surface area contributed by atoms with Gasteiger partial charge in [0, 0.05) is 17.5 Å². The number of pyridine rings is 1. The largest absolute Gasteiger partial charge is 0.462 e. The summed E-state index contributed by atoms with van der Waals surface area (Å²) in [6.07, 6.45) is 0. The van der Waals surface area contributed by atoms with E-state index in [1.54, 1.807) is 6.92 Å². The molecule has 2 rings (SSSR count). The van der Waals surface area contributed by atoms with Crippen LogP contribution in [-0.2, 0) is 4.74 Å². The summed E-state index contributed by atoms with van der Waals surface area (Å²) in [6, 6.07) is 5.56. The molecule has 110 valence electrons. The Morgan fingerprint density at radius 3 is 2.76 bits per heavy atom. The minimum absolute atomic E-state index is 0.0264. The molecule has 0 radical (unpaired) electrons. The van der Waals surface area contributed by atoms with Crippen LogP contribution in [0.1, 0.15) is 17.3 Å². The number of nitro benzene ring substituents is 1. The van der Waals surface area contributed by atoms with Crippen molar-refractivity contribution in [1.82, 2.24) is 4.68 Å². The number of nitrogens with zero attached hydrogens (tertiary/aromatic N) is 3. The van der Waals surface area contributed by atoms with E-state index >= 15 is 0 Å². The Bertz CT molecular complexity index is 796. The van der Waals surface area contributed by atoms with E-state index in [1.165, 1.54) is 24.3 Å². The molecule has 1 heterocycles. The van der Waals surface area contributed by atoms with E-state index in [9.17, 15) is 14.9 Å². The number of esters is 1. The van der Waals surface area contributed by atoms with E-state index in [2.05, 4.69) is 5.10 Å². The number of non-ortho nitro benzene ring substituents is 1. The van der Waals surface area contributed by atoms with Crippen molar-refractivity contribution in [3.8, 4) is 0 Å². The Labute approximate surface area is 118 Å². The second-order valence-corrected chi connectivity index (χ2v) is 4.10. The number of nitrogens with two attached hydrogens (primary N) is 2. The summed E-state index contributed by atoms with van der Waals surface area (Å²) in [5.74, 6) is 10.5. The molecule has 2 aromatic rings. The number of hydrogen-bond acceptors (Lipinski definition) is 7. The lowest BCUT2D eigenvalue weighted by Gasteiger charge is -2.10. The zero-order chi connectivity index (χ0) is 15.6. The average molecular weight is 291 g/mol. The minimum atomic E-state index is -0.624. The van der Waals surface area contributed by atoms with Gasteiger partial charge in [-0.15, -0.1) is 0 Å². The minimum Gasteiger partial charge on any atom is -0.462 e. The summed E-state index contributed by atoms with van der Waals surface area (Å²) in [7, 11) is 0. The van der Waals surface area contributed by atoms with Crippen molar-refractivity contribution in [3.63, 3.8) is 0 Å². The van der Waals surface area contributed by atoms with Crippen LogP contribution in [0.5, 0.6) is 0 Å². The van der Waals surface area contributed by atoms with E-state index in [4.69, 9.17) is 16.4 Å². The van der Waals surface area contributed by atoms with Gasteiger partial charge in [0.05, 0.1) is 17.0 Å². The van der Waals surface area contributed by atoms with Crippen molar-refractivity contribution in [1.29, 1.82) is 0 Å². The predicted octanol–water partition coefficient (Wildman–Crippen LogP) is 0.214. The van der Waals surface area contributed by atoms with Crippen LogP contribution in [0.2, 0.25) is 0 Å². The molecule has 0 atom stereocenters. The molecule has 0 fully saturated rings. The molecule has 0 aliphatic rings. The highest BCUT2D eigenvalue weighted by atomic mass is 16.6. The van der Waals surface area contributed by atoms with Crippen molar-refractivity contribution >= 4 is 22.6 Å². The smallest absolute Gasteiger partial charge is 0.342 e. The first-order chi connectivity index (χ1) is 9.99. The Balaban J connectivity index is 2.79. The summed E-state index contributed by atoms with van der Waals surface area (Å²) in [5, 5.41) is 14.8. The molecule has 0 spiro atoms. The van der Waals surface area contributed by atoms with Crippen LogP contribution in [0, 0.1) is 10.1 Å². The highest BCUT2D eigenvalue weighted by molar-refractivity contribution is 5.94. The Morgan fingerprint density at radius 1 is 1.48 bits per heavy atom. The van der Waals surface area contributed by atoms with Crippen LogP contribution in [0.3, 0.4) is 0 Å². The fourth-order valence-electron chi connectivity index (χ4n) is 1.93. The number of nitro groups is 1. The van der Waals surface area contributed by atoms with Gasteiger partial charge in [-0.25, -0.2) is 9.47 Å². The number of fused-ring (bicyclic) bond motifs is 1. The maximum Gasteiger partial charge on any atom is 0.342 e. The third-order valence-electron chi connectivity index (χ3n) is 2.87. The van der Waals surface area contributed by atoms with Crippen molar-refractivity contribution in [2.75, 3.05) is 12.4 Å². The number of carbonyl (C=O) groups is 1. The van der Waals surface area contributed by atoms with Crippen LogP contribution >= 0.6 is 0 Å². The van der Waals surface area contributed by atoms with Crippen molar-refractivity contribution < 1.29 is 14.5 Å². The second kappa shape index (κ2) is 5.49. The van der Waals surface area contributed by atoms with Crippen LogP contribution < -0.4 is 17.2 Å². The molecule has 1 aromatic carbocycles. The fourth-order valence-corrected chi connectivity index (χ4v) is 1.93. The second-order valence-electron chi connectivity index (χ2n) is 4.10. The molecule has 0 saturated heterocycles. The van der Waals surface area contributed by atoms with E-state index in [1.807, 2.05) is 0 Å². The summed E-state index contributed by atoms with van der Waals surface area (Å²) in [5.41, 5.74) is 0.250. The summed E-state index contributed by atoms with van der Waals surface area (Å²) >= 11 is 0. The summed E-state index contributed by atoms with van der Waals surface area (Å²) < 4.78 is 5.93. The lowest BCUT2D eigenvalue weighted by molar-refractivity contribution is -0.384. The zero-order valence-corrected chi connectivity index (χ0v) is 11.1. The van der Waals surface area contributed by atoms with Gasteiger partial charge < -0.3 is 16.4 Å². The number of aromatic nitrogens is 1. The maximum atomic E-state index is 11.9. The topological polar surface area (TPSA) is 139 Å². The zero-order valence-electron chi connectivity index (χ0n) is 11.1. The van der Waals surface area contributed by atoms with Crippen molar-refractivity contribution in [3.05, 3.63) is 45.4 Å². The lowest BCUT2D eigenvalue weighted by Crippen LogP contribution is -2.34. The van der Waals surface area contributed by atoms with Gasteiger partial charge >= 0.3 is 5.97 Å². The molecule has 0 aliphatic carbocycles.